The van der Waals surface area contributed by atoms with Gasteiger partial charge in [0, 0.05) is 28.2 Å². The topological polar surface area (TPSA) is 52.7 Å². The molecule has 0 aromatic rings. The van der Waals surface area contributed by atoms with Crippen LogP contribution in [0.25, 0.3) is 0 Å². The molecule has 0 heterocycles. The molecule has 3 amide bonds. The van der Waals surface area contributed by atoms with Crippen LogP contribution in [0.4, 0.5) is 4.79 Å². The first-order valence-corrected chi connectivity index (χ1v) is 3.62. The molecule has 0 aromatic heterocycles. The lowest BCUT2D eigenvalue weighted by atomic mass is 10.5. The van der Waals surface area contributed by atoms with Gasteiger partial charge in [0.25, 0.3) is 0 Å². The molecule has 0 aliphatic carbocycles. The summed E-state index contributed by atoms with van der Waals surface area (Å²) in [5.74, 6) is -0.173. The highest BCUT2D eigenvalue weighted by atomic mass is 16.2. The predicted octanol–water partition coefficient (Wildman–Crippen LogP) is -0.654. The minimum Gasteiger partial charge on any atom is -0.358 e. The van der Waals surface area contributed by atoms with Gasteiger partial charge >= 0.3 is 6.03 Å². The van der Waals surface area contributed by atoms with Gasteiger partial charge in [-0.2, -0.15) is 0 Å². The number of hydrogen-bond acceptors (Lipinski definition) is 2. The van der Waals surface area contributed by atoms with Crippen LogP contribution in [0.15, 0.2) is 0 Å². The van der Waals surface area contributed by atoms with E-state index in [0.717, 1.165) is 0 Å². The summed E-state index contributed by atoms with van der Waals surface area (Å²) in [6.45, 7) is 0.0908. The Morgan fingerprint density at radius 1 is 1.25 bits per heavy atom. The molecule has 0 saturated carbocycles. The van der Waals surface area contributed by atoms with Crippen LogP contribution in [0, 0.1) is 0 Å². The summed E-state index contributed by atoms with van der Waals surface area (Å²) in [7, 11) is 6.40. The Kier molecular flexibility index (Phi) is 4.10. The molecule has 70 valence electrons. The average molecular weight is 173 g/mol. The minimum atomic E-state index is -0.182. The molecule has 5 nitrogen and oxygen atoms in total. The third kappa shape index (κ3) is 3.23. The molecular formula is C7H15N3O2. The molecule has 12 heavy (non-hydrogen) atoms. The second-order valence-electron chi connectivity index (χ2n) is 2.71. The second-order valence-corrected chi connectivity index (χ2v) is 2.71. The van der Waals surface area contributed by atoms with Gasteiger partial charge in [-0.25, -0.2) is 4.79 Å². The van der Waals surface area contributed by atoms with E-state index in [4.69, 9.17) is 0 Å². The Hall–Kier alpha value is -1.26. The van der Waals surface area contributed by atoms with Crippen molar-refractivity contribution in [3.63, 3.8) is 0 Å². The van der Waals surface area contributed by atoms with Gasteiger partial charge < -0.3 is 15.1 Å². The van der Waals surface area contributed by atoms with Crippen molar-refractivity contribution in [1.29, 1.82) is 0 Å². The predicted molar refractivity (Wildman–Crippen MR) is 45.8 cm³/mol. The molecule has 0 aliphatic heterocycles. The highest BCUT2D eigenvalue weighted by molar-refractivity contribution is 5.83. The summed E-state index contributed by atoms with van der Waals surface area (Å²) >= 11 is 0. The van der Waals surface area contributed by atoms with E-state index in [1.54, 1.807) is 21.1 Å². The zero-order chi connectivity index (χ0) is 9.72. The van der Waals surface area contributed by atoms with Crippen molar-refractivity contribution in [1.82, 2.24) is 15.1 Å². The molecule has 0 atom stereocenters. The van der Waals surface area contributed by atoms with E-state index in [2.05, 4.69) is 5.32 Å². The molecule has 0 aromatic carbocycles. The van der Waals surface area contributed by atoms with Crippen molar-refractivity contribution in [3.05, 3.63) is 0 Å². The Bertz CT molecular complexity index is 179. The minimum absolute atomic E-state index is 0.0908. The van der Waals surface area contributed by atoms with Crippen LogP contribution >= 0.6 is 0 Å². The quantitative estimate of drug-likeness (QED) is 0.603. The van der Waals surface area contributed by atoms with Crippen molar-refractivity contribution in [2.45, 2.75) is 0 Å². The highest BCUT2D eigenvalue weighted by Crippen LogP contribution is 1.89. The fourth-order valence-electron chi connectivity index (χ4n) is 0.704. The lowest BCUT2D eigenvalue weighted by molar-refractivity contribution is -0.121. The van der Waals surface area contributed by atoms with Gasteiger partial charge in [0.05, 0.1) is 0 Å². The van der Waals surface area contributed by atoms with E-state index in [1.807, 2.05) is 0 Å². The van der Waals surface area contributed by atoms with Crippen LogP contribution in [0.3, 0.4) is 0 Å². The lowest BCUT2D eigenvalue weighted by Gasteiger charge is -2.20. The summed E-state index contributed by atoms with van der Waals surface area (Å²) in [6, 6.07) is -0.182. The van der Waals surface area contributed by atoms with Gasteiger partial charge in [-0.05, 0) is 0 Å². The Labute approximate surface area is 72.3 Å². The molecule has 0 fully saturated rings. The summed E-state index contributed by atoms with van der Waals surface area (Å²) in [5, 5.41) is 2.44. The number of carbonyl (C=O) groups excluding carboxylic acids is 2. The molecule has 0 radical (unpaired) electrons. The Morgan fingerprint density at radius 3 is 2.08 bits per heavy atom. The van der Waals surface area contributed by atoms with E-state index in [1.165, 1.54) is 16.8 Å². The first-order chi connectivity index (χ1) is 5.49. The SMILES string of the molecule is CNC(=O)CN(C)C(=O)N(C)C. The van der Waals surface area contributed by atoms with E-state index in [-0.39, 0.29) is 18.5 Å². The Balaban J connectivity index is 3.95. The van der Waals surface area contributed by atoms with Crippen LogP contribution < -0.4 is 5.32 Å². The smallest absolute Gasteiger partial charge is 0.319 e. The van der Waals surface area contributed by atoms with Crippen LogP contribution in [0.2, 0.25) is 0 Å². The first kappa shape index (κ1) is 10.7. The third-order valence-corrected chi connectivity index (χ3v) is 1.37. The summed E-state index contributed by atoms with van der Waals surface area (Å²) in [5.41, 5.74) is 0. The first-order valence-electron chi connectivity index (χ1n) is 3.62. The summed E-state index contributed by atoms with van der Waals surface area (Å²) in [6.07, 6.45) is 0. The molecule has 0 rings (SSSR count). The maximum Gasteiger partial charge on any atom is 0.319 e. The number of nitrogens with zero attached hydrogens (tertiary/aromatic N) is 2. The van der Waals surface area contributed by atoms with Crippen molar-refractivity contribution in [3.8, 4) is 0 Å². The monoisotopic (exact) mass is 173 g/mol. The van der Waals surface area contributed by atoms with Crippen LogP contribution in [-0.4, -0.2) is 56.5 Å². The zero-order valence-electron chi connectivity index (χ0n) is 7.92. The van der Waals surface area contributed by atoms with Crippen molar-refractivity contribution >= 4 is 11.9 Å². The van der Waals surface area contributed by atoms with E-state index in [0.29, 0.717) is 0 Å². The number of nitrogens with one attached hydrogen (secondary N) is 1. The van der Waals surface area contributed by atoms with Gasteiger partial charge in [-0.15, -0.1) is 0 Å². The van der Waals surface area contributed by atoms with E-state index < -0.39 is 0 Å². The van der Waals surface area contributed by atoms with Gasteiger partial charge in [-0.3, -0.25) is 4.79 Å². The van der Waals surface area contributed by atoms with Crippen LogP contribution in [0.1, 0.15) is 0 Å². The molecule has 0 aliphatic rings. The standard InChI is InChI=1S/C7H15N3O2/c1-8-6(11)5-10(4)7(12)9(2)3/h5H2,1-4H3,(H,8,11). The van der Waals surface area contributed by atoms with Gasteiger partial charge in [0.15, 0.2) is 0 Å². The van der Waals surface area contributed by atoms with Crippen molar-refractivity contribution in [2.24, 2.45) is 0 Å². The van der Waals surface area contributed by atoms with Crippen molar-refractivity contribution < 1.29 is 9.59 Å². The fourth-order valence-corrected chi connectivity index (χ4v) is 0.704. The van der Waals surface area contributed by atoms with E-state index >= 15 is 0 Å². The summed E-state index contributed by atoms with van der Waals surface area (Å²) < 4.78 is 0. The number of hydrogen-bond donors (Lipinski definition) is 1. The molecule has 5 heteroatoms. The normalized spacial score (nSPS) is 9.00. The van der Waals surface area contributed by atoms with Gasteiger partial charge in [0.2, 0.25) is 5.91 Å². The Morgan fingerprint density at radius 2 is 1.75 bits per heavy atom. The van der Waals surface area contributed by atoms with Crippen molar-refractivity contribution in [2.75, 3.05) is 34.7 Å². The second kappa shape index (κ2) is 4.58. The van der Waals surface area contributed by atoms with Crippen LogP contribution in [0.5, 0.6) is 0 Å². The molecule has 1 N–H and O–H groups in total. The maximum atomic E-state index is 11.2. The fraction of sp³-hybridized carbons (Fsp3) is 0.714. The molecule has 0 saturated heterocycles. The maximum absolute atomic E-state index is 11.2. The van der Waals surface area contributed by atoms with E-state index in [9.17, 15) is 9.59 Å². The van der Waals surface area contributed by atoms with Crippen LogP contribution in [-0.2, 0) is 4.79 Å². The molecule has 0 bridgehead atoms. The average Bonchev–Trinajstić information content (AvgIpc) is 2.02. The molecule has 0 unspecified atom stereocenters. The lowest BCUT2D eigenvalue weighted by Crippen LogP contribution is -2.41. The number of amides is 3. The number of urea groups is 1. The third-order valence-electron chi connectivity index (χ3n) is 1.37. The number of rotatable bonds is 2. The largest absolute Gasteiger partial charge is 0.358 e. The number of likely N-dealkylation sites (N-methyl/N-ethyl adjacent to an activating group) is 2. The van der Waals surface area contributed by atoms with Gasteiger partial charge in [-0.1, -0.05) is 0 Å². The van der Waals surface area contributed by atoms with Gasteiger partial charge in [0.1, 0.15) is 6.54 Å². The zero-order valence-corrected chi connectivity index (χ0v) is 7.92. The molecular weight excluding hydrogens is 158 g/mol. The summed E-state index contributed by atoms with van der Waals surface area (Å²) in [4.78, 5) is 24.8. The molecule has 0 spiro atoms. The highest BCUT2D eigenvalue weighted by Gasteiger charge is 2.12. The number of carbonyl (C=O) groups is 2.